The molecule has 0 amide bonds. The van der Waals surface area contributed by atoms with Crippen molar-refractivity contribution in [3.8, 4) is 5.75 Å². The van der Waals surface area contributed by atoms with Gasteiger partial charge in [0.1, 0.15) is 11.5 Å². The van der Waals surface area contributed by atoms with E-state index in [1.54, 1.807) is 6.26 Å². The molecule has 1 aromatic carbocycles. The summed E-state index contributed by atoms with van der Waals surface area (Å²) in [5.41, 5.74) is 1.18. The van der Waals surface area contributed by atoms with Crippen molar-refractivity contribution in [1.29, 1.82) is 0 Å². The van der Waals surface area contributed by atoms with E-state index in [-0.39, 0.29) is 0 Å². The van der Waals surface area contributed by atoms with Crippen LogP contribution >= 0.6 is 31.9 Å². The number of rotatable bonds is 7. The van der Waals surface area contributed by atoms with Crippen LogP contribution in [-0.2, 0) is 13.1 Å². The lowest BCUT2D eigenvalue weighted by atomic mass is 10.2. The van der Waals surface area contributed by atoms with Gasteiger partial charge in [-0.15, -0.1) is 0 Å². The second-order valence-electron chi connectivity index (χ2n) is 4.42. The van der Waals surface area contributed by atoms with Crippen LogP contribution in [0.1, 0.15) is 24.7 Å². The highest BCUT2D eigenvalue weighted by molar-refractivity contribution is 9.11. The second-order valence-corrected chi connectivity index (χ2v) is 6.13. The molecular weight excluding hydrogens is 386 g/mol. The average Bonchev–Trinajstić information content (AvgIpc) is 2.91. The van der Waals surface area contributed by atoms with Crippen LogP contribution in [0, 0.1) is 0 Å². The Morgan fingerprint density at radius 2 is 1.95 bits per heavy atom. The number of hydrogen-bond donors (Lipinski definition) is 1. The van der Waals surface area contributed by atoms with E-state index in [0.717, 1.165) is 40.0 Å². The van der Waals surface area contributed by atoms with Crippen molar-refractivity contribution in [3.63, 3.8) is 0 Å². The predicted molar refractivity (Wildman–Crippen MR) is 86.9 cm³/mol. The minimum absolute atomic E-state index is 0.716. The molecule has 0 aliphatic rings. The van der Waals surface area contributed by atoms with E-state index < -0.39 is 0 Å². The van der Waals surface area contributed by atoms with Gasteiger partial charge in [-0.1, -0.05) is 6.92 Å². The van der Waals surface area contributed by atoms with Gasteiger partial charge in [0.15, 0.2) is 0 Å². The molecule has 0 atom stereocenters. The summed E-state index contributed by atoms with van der Waals surface area (Å²) in [5.74, 6) is 1.80. The number of ether oxygens (including phenoxy) is 1. The van der Waals surface area contributed by atoms with Gasteiger partial charge in [0.05, 0.1) is 28.4 Å². The summed E-state index contributed by atoms with van der Waals surface area (Å²) >= 11 is 7.11. The number of benzene rings is 1. The first-order chi connectivity index (χ1) is 9.70. The summed E-state index contributed by atoms with van der Waals surface area (Å²) in [7, 11) is 0. The van der Waals surface area contributed by atoms with E-state index in [1.165, 1.54) is 5.56 Å². The highest BCUT2D eigenvalue weighted by Crippen LogP contribution is 2.34. The molecule has 5 heteroatoms. The first-order valence-electron chi connectivity index (χ1n) is 6.54. The van der Waals surface area contributed by atoms with E-state index in [4.69, 9.17) is 9.15 Å². The molecule has 0 saturated carbocycles. The molecule has 3 nitrogen and oxygen atoms in total. The number of furan rings is 1. The Morgan fingerprint density at radius 1 is 1.20 bits per heavy atom. The van der Waals surface area contributed by atoms with Gasteiger partial charge in [-0.2, -0.15) is 0 Å². The van der Waals surface area contributed by atoms with Gasteiger partial charge < -0.3 is 14.5 Å². The third kappa shape index (κ3) is 4.36. The third-order valence-electron chi connectivity index (χ3n) is 2.72. The van der Waals surface area contributed by atoms with Crippen molar-refractivity contribution in [2.45, 2.75) is 26.4 Å². The van der Waals surface area contributed by atoms with Gasteiger partial charge in [0.2, 0.25) is 0 Å². The maximum Gasteiger partial charge on any atom is 0.147 e. The zero-order chi connectivity index (χ0) is 14.4. The molecule has 2 rings (SSSR count). The molecule has 0 aliphatic carbocycles. The van der Waals surface area contributed by atoms with Gasteiger partial charge in [0, 0.05) is 6.54 Å². The fraction of sp³-hybridized carbons (Fsp3) is 0.333. The molecule has 20 heavy (non-hydrogen) atoms. The van der Waals surface area contributed by atoms with E-state index in [0.29, 0.717) is 6.61 Å². The van der Waals surface area contributed by atoms with Gasteiger partial charge in [0.25, 0.3) is 0 Å². The van der Waals surface area contributed by atoms with Crippen LogP contribution in [0.5, 0.6) is 5.75 Å². The molecule has 1 N–H and O–H groups in total. The summed E-state index contributed by atoms with van der Waals surface area (Å²) in [6, 6.07) is 8.00. The lowest BCUT2D eigenvalue weighted by Gasteiger charge is -2.12. The van der Waals surface area contributed by atoms with Crippen molar-refractivity contribution < 1.29 is 9.15 Å². The summed E-state index contributed by atoms with van der Waals surface area (Å²) in [6.07, 6.45) is 2.68. The molecule has 0 saturated heterocycles. The molecule has 1 heterocycles. The normalized spacial score (nSPS) is 10.8. The van der Waals surface area contributed by atoms with E-state index in [2.05, 4.69) is 56.2 Å². The Balaban J connectivity index is 1.95. The van der Waals surface area contributed by atoms with Crippen LogP contribution in [0.15, 0.2) is 43.9 Å². The van der Waals surface area contributed by atoms with Crippen LogP contribution in [0.25, 0.3) is 0 Å². The highest BCUT2D eigenvalue weighted by Gasteiger charge is 2.08. The Hall–Kier alpha value is -0.780. The number of hydrogen-bond acceptors (Lipinski definition) is 3. The van der Waals surface area contributed by atoms with Crippen LogP contribution in [0.2, 0.25) is 0 Å². The van der Waals surface area contributed by atoms with Crippen molar-refractivity contribution in [3.05, 3.63) is 50.8 Å². The minimum atomic E-state index is 0.716. The summed E-state index contributed by atoms with van der Waals surface area (Å²) in [6.45, 7) is 4.30. The Kier molecular flexibility index (Phi) is 6.13. The molecule has 0 unspecified atom stereocenters. The largest absolute Gasteiger partial charge is 0.491 e. The molecule has 2 aromatic rings. The monoisotopic (exact) mass is 401 g/mol. The second kappa shape index (κ2) is 7.86. The fourth-order valence-corrected chi connectivity index (χ4v) is 3.31. The van der Waals surface area contributed by atoms with Crippen LogP contribution < -0.4 is 10.1 Å². The fourth-order valence-electron chi connectivity index (χ4n) is 1.80. The van der Waals surface area contributed by atoms with E-state index in [9.17, 15) is 0 Å². The Bertz CT molecular complexity index is 518. The maximum absolute atomic E-state index is 5.71. The highest BCUT2D eigenvalue weighted by atomic mass is 79.9. The van der Waals surface area contributed by atoms with Crippen LogP contribution in [0.3, 0.4) is 0 Å². The van der Waals surface area contributed by atoms with Gasteiger partial charge >= 0.3 is 0 Å². The molecule has 0 radical (unpaired) electrons. The zero-order valence-corrected chi connectivity index (χ0v) is 14.5. The summed E-state index contributed by atoms with van der Waals surface area (Å²) < 4.78 is 12.9. The number of halogens is 2. The third-order valence-corrected chi connectivity index (χ3v) is 3.90. The molecule has 0 fully saturated rings. The minimum Gasteiger partial charge on any atom is -0.491 e. The van der Waals surface area contributed by atoms with Crippen LogP contribution in [0.4, 0.5) is 0 Å². The van der Waals surface area contributed by atoms with Gasteiger partial charge in [-0.3, -0.25) is 0 Å². The Labute approximate surface area is 136 Å². The van der Waals surface area contributed by atoms with Gasteiger partial charge in [-0.05, 0) is 68.1 Å². The van der Waals surface area contributed by atoms with Crippen molar-refractivity contribution in [1.82, 2.24) is 5.32 Å². The topological polar surface area (TPSA) is 34.4 Å². The first kappa shape index (κ1) is 15.6. The lowest BCUT2D eigenvalue weighted by Crippen LogP contribution is -2.12. The number of nitrogens with one attached hydrogen (secondary N) is 1. The molecule has 108 valence electrons. The molecule has 0 aliphatic heterocycles. The van der Waals surface area contributed by atoms with Crippen molar-refractivity contribution in [2.75, 3.05) is 6.61 Å². The first-order valence-corrected chi connectivity index (χ1v) is 8.13. The lowest BCUT2D eigenvalue weighted by molar-refractivity contribution is 0.313. The molecule has 0 spiro atoms. The summed E-state index contributed by atoms with van der Waals surface area (Å²) in [4.78, 5) is 0. The van der Waals surface area contributed by atoms with E-state index >= 15 is 0 Å². The average molecular weight is 403 g/mol. The Morgan fingerprint density at radius 3 is 2.55 bits per heavy atom. The molecule has 1 aromatic heterocycles. The SMILES string of the molecule is CCCOc1c(Br)cc(CNCc2ccco2)cc1Br. The molecule has 0 bridgehead atoms. The van der Waals surface area contributed by atoms with E-state index in [1.807, 2.05) is 12.1 Å². The molecular formula is C15H17Br2NO2. The zero-order valence-electron chi connectivity index (χ0n) is 11.3. The van der Waals surface area contributed by atoms with Crippen LogP contribution in [-0.4, -0.2) is 6.61 Å². The van der Waals surface area contributed by atoms with Crippen molar-refractivity contribution in [2.24, 2.45) is 0 Å². The summed E-state index contributed by atoms with van der Waals surface area (Å²) in [5, 5.41) is 3.34. The quantitative estimate of drug-likeness (QED) is 0.716. The van der Waals surface area contributed by atoms with Gasteiger partial charge in [-0.25, -0.2) is 0 Å². The maximum atomic E-state index is 5.71. The standard InChI is InChI=1S/C15H17Br2NO2/c1-2-5-20-15-13(16)7-11(8-14(15)17)9-18-10-12-4-3-6-19-12/h3-4,6-8,18H,2,5,9-10H2,1H3. The smallest absolute Gasteiger partial charge is 0.147 e. The predicted octanol–water partition coefficient (Wildman–Crippen LogP) is 4.88. The van der Waals surface area contributed by atoms with Crippen molar-refractivity contribution >= 4 is 31.9 Å².